The van der Waals surface area contributed by atoms with E-state index in [1.165, 1.54) is 0 Å². The van der Waals surface area contributed by atoms with Gasteiger partial charge in [-0.25, -0.2) is 9.78 Å². The Labute approximate surface area is 156 Å². The minimum absolute atomic E-state index is 0.0280. The van der Waals surface area contributed by atoms with Crippen molar-refractivity contribution in [1.29, 1.82) is 0 Å². The number of ether oxygens (including phenoxy) is 1. The molecule has 3 rings (SSSR count). The van der Waals surface area contributed by atoms with Crippen LogP contribution in [0, 0.1) is 5.41 Å². The molecule has 0 unspecified atom stereocenters. The summed E-state index contributed by atoms with van der Waals surface area (Å²) >= 11 is 3.28. The van der Waals surface area contributed by atoms with Gasteiger partial charge < -0.3 is 14.5 Å². The third-order valence-electron chi connectivity index (χ3n) is 4.79. The van der Waals surface area contributed by atoms with Crippen LogP contribution in [0.3, 0.4) is 0 Å². The van der Waals surface area contributed by atoms with E-state index in [1.54, 1.807) is 23.2 Å². The van der Waals surface area contributed by atoms with Gasteiger partial charge in [-0.3, -0.25) is 4.79 Å². The molecule has 0 atom stereocenters. The Kier molecular flexibility index (Phi) is 4.79. The second kappa shape index (κ2) is 6.59. The Balaban J connectivity index is 1.50. The second-order valence-electron chi connectivity index (χ2n) is 8.00. The van der Waals surface area contributed by atoms with Crippen molar-refractivity contribution in [3.63, 3.8) is 0 Å². The summed E-state index contributed by atoms with van der Waals surface area (Å²) in [5, 5.41) is 0. The zero-order valence-electron chi connectivity index (χ0n) is 14.9. The predicted molar refractivity (Wildman–Crippen MR) is 97.3 cm³/mol. The molecule has 0 aromatic carbocycles. The van der Waals surface area contributed by atoms with Crippen LogP contribution in [0.5, 0.6) is 0 Å². The predicted octanol–water partition coefficient (Wildman–Crippen LogP) is 3.32. The Morgan fingerprint density at radius 3 is 2.32 bits per heavy atom. The SMILES string of the molecule is CC(C)(C)OC(=O)N1CCC2(CC1)CN(C(=O)c1ccc(Br)nc1)C2. The van der Waals surface area contributed by atoms with Crippen molar-refractivity contribution < 1.29 is 14.3 Å². The lowest BCUT2D eigenvalue weighted by atomic mass is 9.72. The molecule has 2 saturated heterocycles. The maximum Gasteiger partial charge on any atom is 0.410 e. The third-order valence-corrected chi connectivity index (χ3v) is 5.26. The van der Waals surface area contributed by atoms with Crippen LogP contribution in [0.4, 0.5) is 4.79 Å². The summed E-state index contributed by atoms with van der Waals surface area (Å²) in [6, 6.07) is 3.57. The molecular formula is C18H24BrN3O3. The summed E-state index contributed by atoms with van der Waals surface area (Å²) in [4.78, 5) is 32.4. The number of nitrogens with zero attached hydrogens (tertiary/aromatic N) is 3. The maximum absolute atomic E-state index is 12.5. The lowest BCUT2D eigenvalue weighted by Crippen LogP contribution is -2.62. The van der Waals surface area contributed by atoms with Crippen LogP contribution >= 0.6 is 15.9 Å². The van der Waals surface area contributed by atoms with Crippen molar-refractivity contribution >= 4 is 27.9 Å². The Hall–Kier alpha value is -1.63. The molecule has 0 radical (unpaired) electrons. The molecule has 2 fully saturated rings. The fraction of sp³-hybridized carbons (Fsp3) is 0.611. The molecule has 2 aliphatic heterocycles. The Morgan fingerprint density at radius 2 is 1.80 bits per heavy atom. The first-order valence-corrected chi connectivity index (χ1v) is 9.36. The van der Waals surface area contributed by atoms with E-state index in [0.717, 1.165) is 30.5 Å². The number of carbonyl (C=O) groups excluding carboxylic acids is 2. The van der Waals surface area contributed by atoms with Crippen molar-refractivity contribution in [2.24, 2.45) is 5.41 Å². The first kappa shape index (κ1) is 18.2. The Bertz CT molecular complexity index is 653. The number of amides is 2. The van der Waals surface area contributed by atoms with Gasteiger partial charge in [0.05, 0.1) is 5.56 Å². The van der Waals surface area contributed by atoms with Gasteiger partial charge in [-0.1, -0.05) is 0 Å². The van der Waals surface area contributed by atoms with E-state index in [2.05, 4.69) is 20.9 Å². The molecule has 1 aromatic rings. The minimum Gasteiger partial charge on any atom is -0.444 e. The van der Waals surface area contributed by atoms with Gasteiger partial charge in [-0.2, -0.15) is 0 Å². The van der Waals surface area contributed by atoms with Crippen LogP contribution in [0.15, 0.2) is 22.9 Å². The van der Waals surface area contributed by atoms with Gasteiger partial charge in [0.15, 0.2) is 0 Å². The summed E-state index contributed by atoms with van der Waals surface area (Å²) < 4.78 is 6.16. The molecule has 136 valence electrons. The van der Waals surface area contributed by atoms with E-state index in [9.17, 15) is 9.59 Å². The number of hydrogen-bond acceptors (Lipinski definition) is 4. The molecule has 2 amide bonds. The van der Waals surface area contributed by atoms with E-state index in [-0.39, 0.29) is 17.4 Å². The maximum atomic E-state index is 12.5. The normalized spacial score (nSPS) is 19.5. The highest BCUT2D eigenvalue weighted by Crippen LogP contribution is 2.41. The zero-order chi connectivity index (χ0) is 18.2. The highest BCUT2D eigenvalue weighted by molar-refractivity contribution is 9.10. The molecular weight excluding hydrogens is 386 g/mol. The van der Waals surface area contributed by atoms with Crippen LogP contribution in [0.25, 0.3) is 0 Å². The lowest BCUT2D eigenvalue weighted by molar-refractivity contribution is -0.0394. The molecule has 2 aliphatic rings. The van der Waals surface area contributed by atoms with Crippen molar-refractivity contribution in [2.45, 2.75) is 39.2 Å². The number of pyridine rings is 1. The van der Waals surface area contributed by atoms with Crippen LogP contribution in [0.1, 0.15) is 44.0 Å². The highest BCUT2D eigenvalue weighted by Gasteiger charge is 2.47. The average Bonchev–Trinajstić information content (AvgIpc) is 2.51. The van der Waals surface area contributed by atoms with Gasteiger partial charge in [0, 0.05) is 37.8 Å². The molecule has 0 aliphatic carbocycles. The lowest BCUT2D eigenvalue weighted by Gasteiger charge is -2.53. The number of halogens is 1. The van der Waals surface area contributed by atoms with Crippen LogP contribution < -0.4 is 0 Å². The summed E-state index contributed by atoms with van der Waals surface area (Å²) in [6.45, 7) is 8.52. The molecule has 0 bridgehead atoms. The first-order valence-electron chi connectivity index (χ1n) is 8.56. The third kappa shape index (κ3) is 4.14. The van der Waals surface area contributed by atoms with Gasteiger partial charge in [0.25, 0.3) is 5.91 Å². The number of piperidine rings is 1. The summed E-state index contributed by atoms with van der Waals surface area (Å²) in [6.07, 6.45) is 3.18. The summed E-state index contributed by atoms with van der Waals surface area (Å²) in [5.41, 5.74) is 0.297. The number of carbonyl (C=O) groups is 2. The van der Waals surface area contributed by atoms with E-state index >= 15 is 0 Å². The number of likely N-dealkylation sites (tertiary alicyclic amines) is 2. The first-order chi connectivity index (χ1) is 11.7. The van der Waals surface area contributed by atoms with Crippen molar-refractivity contribution in [3.8, 4) is 0 Å². The van der Waals surface area contributed by atoms with Gasteiger partial charge in [-0.15, -0.1) is 0 Å². The summed E-state index contributed by atoms with van der Waals surface area (Å²) in [5.74, 6) is 0.0280. The zero-order valence-corrected chi connectivity index (χ0v) is 16.5. The van der Waals surface area contributed by atoms with Gasteiger partial charge in [0.1, 0.15) is 10.2 Å². The van der Waals surface area contributed by atoms with Gasteiger partial charge in [0.2, 0.25) is 0 Å². The largest absolute Gasteiger partial charge is 0.444 e. The van der Waals surface area contributed by atoms with E-state index < -0.39 is 5.60 Å². The summed E-state index contributed by atoms with van der Waals surface area (Å²) in [7, 11) is 0. The molecule has 3 heterocycles. The molecule has 7 heteroatoms. The molecule has 6 nitrogen and oxygen atoms in total. The molecule has 0 N–H and O–H groups in total. The van der Waals surface area contributed by atoms with Gasteiger partial charge >= 0.3 is 6.09 Å². The molecule has 1 spiro atoms. The van der Waals surface area contributed by atoms with Crippen LogP contribution in [-0.4, -0.2) is 58.6 Å². The average molecular weight is 410 g/mol. The molecule has 25 heavy (non-hydrogen) atoms. The second-order valence-corrected chi connectivity index (χ2v) is 8.81. The fourth-order valence-corrected chi connectivity index (χ4v) is 3.63. The van der Waals surface area contributed by atoms with E-state index in [0.29, 0.717) is 18.7 Å². The highest BCUT2D eigenvalue weighted by atomic mass is 79.9. The smallest absolute Gasteiger partial charge is 0.410 e. The van der Waals surface area contributed by atoms with Gasteiger partial charge in [-0.05, 0) is 61.7 Å². The standard InChI is InChI=1S/C18H24BrN3O3/c1-17(2,3)25-16(24)21-8-6-18(7-9-21)11-22(12-18)15(23)13-4-5-14(19)20-10-13/h4-5,10H,6-9,11-12H2,1-3H3. The van der Waals surface area contributed by atoms with Crippen LogP contribution in [-0.2, 0) is 4.74 Å². The van der Waals surface area contributed by atoms with Crippen molar-refractivity contribution in [2.75, 3.05) is 26.2 Å². The molecule has 0 saturated carbocycles. The van der Waals surface area contributed by atoms with Crippen molar-refractivity contribution in [3.05, 3.63) is 28.5 Å². The monoisotopic (exact) mass is 409 g/mol. The fourth-order valence-electron chi connectivity index (χ4n) is 3.40. The quantitative estimate of drug-likeness (QED) is 0.667. The van der Waals surface area contributed by atoms with Crippen LogP contribution in [0.2, 0.25) is 0 Å². The topological polar surface area (TPSA) is 62.7 Å². The molecule has 1 aromatic heterocycles. The van der Waals surface area contributed by atoms with E-state index in [4.69, 9.17) is 4.74 Å². The number of hydrogen-bond donors (Lipinski definition) is 0. The number of aromatic nitrogens is 1. The Morgan fingerprint density at radius 1 is 1.16 bits per heavy atom. The number of rotatable bonds is 1. The minimum atomic E-state index is -0.468. The van der Waals surface area contributed by atoms with Crippen molar-refractivity contribution in [1.82, 2.24) is 14.8 Å². The van der Waals surface area contributed by atoms with E-state index in [1.807, 2.05) is 25.7 Å².